The first-order chi connectivity index (χ1) is 37.1. The number of hydrogen-bond acceptors (Lipinski definition) is 5. The van der Waals surface area contributed by atoms with E-state index in [1.807, 2.05) is 60.7 Å². The third kappa shape index (κ3) is 3.06. The molecule has 10 aromatic rings. The monoisotopic (exact) mass is 970 g/mol. The van der Waals surface area contributed by atoms with Gasteiger partial charge in [-0.05, 0) is 222 Å². The van der Waals surface area contributed by atoms with E-state index >= 15 is 0 Å². The van der Waals surface area contributed by atoms with Crippen LogP contribution in [0.25, 0.3) is 55.6 Å². The summed E-state index contributed by atoms with van der Waals surface area (Å²) in [4.78, 5) is 0. The zero-order valence-corrected chi connectivity index (χ0v) is 40.6. The lowest BCUT2D eigenvalue weighted by molar-refractivity contribution is 0.244. The van der Waals surface area contributed by atoms with Gasteiger partial charge >= 0.3 is 0 Å². The Morgan fingerprint density at radius 2 is 0.421 bits per heavy atom. The van der Waals surface area contributed by atoms with Gasteiger partial charge in [-0.3, -0.25) is 0 Å². The van der Waals surface area contributed by atoms with Crippen LogP contribution in [0.3, 0.4) is 0 Å². The van der Waals surface area contributed by atoms with Crippen molar-refractivity contribution < 1.29 is 25.5 Å². The molecule has 0 amide bonds. The lowest BCUT2D eigenvalue weighted by Crippen LogP contribution is -2.62. The molecule has 10 aromatic carbocycles. The van der Waals surface area contributed by atoms with Gasteiger partial charge in [0.25, 0.3) is 0 Å². The van der Waals surface area contributed by atoms with Crippen LogP contribution in [-0.2, 0) is 27.1 Å². The van der Waals surface area contributed by atoms with E-state index in [0.29, 0.717) is 0 Å². The maximum Gasteiger partial charge on any atom is 0.115 e. The Balaban J connectivity index is 1.17. The number of rotatable bonds is 5. The Morgan fingerprint density at radius 3 is 0.684 bits per heavy atom. The van der Waals surface area contributed by atoms with Gasteiger partial charge in [-0.15, -0.1) is 0 Å². The molecule has 5 N–H and O–H groups in total. The Labute approximate surface area is 434 Å². The molecule has 0 bridgehead atoms. The Kier molecular flexibility index (Phi) is 5.50. The van der Waals surface area contributed by atoms with Gasteiger partial charge in [-0.1, -0.05) is 128 Å². The number of aromatic hydroxyl groups is 5. The molecule has 0 aliphatic heterocycles. The zero-order chi connectivity index (χ0) is 49.8. The van der Waals surface area contributed by atoms with Crippen molar-refractivity contribution in [1.29, 1.82) is 0 Å². The Hall–Kier alpha value is -9.32. The second-order valence-electron chi connectivity index (χ2n) is 23.7. The summed E-state index contributed by atoms with van der Waals surface area (Å²) in [7, 11) is 0. The third-order valence-corrected chi connectivity index (χ3v) is 21.7. The predicted octanol–water partition coefficient (Wildman–Crippen LogP) is 13.8. The van der Waals surface area contributed by atoms with Crippen LogP contribution in [0.4, 0.5) is 0 Å². The highest BCUT2D eigenvalue weighted by atomic mass is 16.3. The van der Waals surface area contributed by atoms with Crippen LogP contribution in [0.2, 0.25) is 0 Å². The predicted molar refractivity (Wildman–Crippen MR) is 289 cm³/mol. The van der Waals surface area contributed by atoms with Crippen LogP contribution < -0.4 is 0 Å². The molecule has 6 atom stereocenters. The lowest BCUT2D eigenvalue weighted by atomic mass is 9.35. The topological polar surface area (TPSA) is 101 Å². The van der Waals surface area contributed by atoms with Crippen molar-refractivity contribution >= 4 is 0 Å². The van der Waals surface area contributed by atoms with Crippen LogP contribution in [0.15, 0.2) is 204 Å². The van der Waals surface area contributed by atoms with Crippen molar-refractivity contribution in [3.8, 4) is 84.4 Å². The number of phenols is 5. The summed E-state index contributed by atoms with van der Waals surface area (Å²) in [5.41, 5.74) is 30.4. The van der Waals surface area contributed by atoms with Crippen molar-refractivity contribution in [2.45, 2.75) is 34.0 Å². The van der Waals surface area contributed by atoms with Crippen molar-refractivity contribution in [2.24, 2.45) is 5.41 Å². The molecule has 5 nitrogen and oxygen atoms in total. The minimum Gasteiger partial charge on any atom is -0.508 e. The molecule has 11 aliphatic rings. The summed E-state index contributed by atoms with van der Waals surface area (Å²) in [5, 5.41) is 57.1. The average Bonchev–Trinajstić information content (AvgIpc) is 3.91. The van der Waals surface area contributed by atoms with E-state index in [1.165, 1.54) is 134 Å². The van der Waals surface area contributed by atoms with Gasteiger partial charge in [0.05, 0.1) is 27.1 Å². The first-order valence-electron chi connectivity index (χ1n) is 26.5. The van der Waals surface area contributed by atoms with E-state index in [-0.39, 0.29) is 28.7 Å². The largest absolute Gasteiger partial charge is 0.508 e. The molecule has 0 saturated heterocycles. The van der Waals surface area contributed by atoms with Crippen LogP contribution >= 0.6 is 0 Å². The van der Waals surface area contributed by atoms with Crippen LogP contribution in [0, 0.1) is 5.41 Å². The highest BCUT2D eigenvalue weighted by Gasteiger charge is 2.85. The number of phenolic OH excluding ortho intramolecular Hbond substituents is 5. The molecule has 0 saturated carbocycles. The molecular weight excluding hydrogens is 933 g/mol. The van der Waals surface area contributed by atoms with Crippen LogP contribution in [0.5, 0.6) is 28.7 Å². The molecule has 21 rings (SSSR count). The number of benzene rings is 10. The smallest absolute Gasteiger partial charge is 0.115 e. The minimum atomic E-state index is -0.909. The van der Waals surface area contributed by atoms with Crippen LogP contribution in [-0.4, -0.2) is 25.5 Å². The molecule has 352 valence electrons. The molecular formula is C71H38O5. The van der Waals surface area contributed by atoms with Gasteiger partial charge in [-0.25, -0.2) is 0 Å². The Morgan fingerprint density at radius 1 is 0.224 bits per heavy atom. The van der Waals surface area contributed by atoms with Gasteiger partial charge in [0.2, 0.25) is 0 Å². The molecule has 11 aliphatic carbocycles. The van der Waals surface area contributed by atoms with Gasteiger partial charge in [-0.2, -0.15) is 0 Å². The molecule has 0 aromatic heterocycles. The fraction of sp³-hybridized carbons (Fsp3) is 0.0986. The van der Waals surface area contributed by atoms with E-state index in [4.69, 9.17) is 0 Å². The molecule has 5 heteroatoms. The number of allylic oxidation sites excluding steroid dienone is 4. The van der Waals surface area contributed by atoms with Crippen molar-refractivity contribution in [3.05, 3.63) is 288 Å². The third-order valence-electron chi connectivity index (χ3n) is 21.7. The van der Waals surface area contributed by atoms with E-state index in [1.54, 1.807) is 0 Å². The van der Waals surface area contributed by atoms with Gasteiger partial charge in [0.1, 0.15) is 28.7 Å². The standard InChI is InChI=1S/C71H38O5/c1-66-64-62-63-65(66)70(35-8-18-40(75)19-9-35)57-47-27-25-45-43-23-22-42-44-24-26-46-48-28-30-50-51-31-29-49(47)59(70)61(51)71(66,36-10-20-41(76)21-11-36)60(50)58(48)69(64,34-6-16-39(74)17-7-34)56(46)54(44)67(62,32-2-12-37(72)13-3-32)52(42)53(43)68(63,55(45)57)33-4-14-38(73)15-5-33/h2-31,72-76H,1H3/t66?,67-,68+,69-,70+,71?. The van der Waals surface area contributed by atoms with Gasteiger partial charge in [0, 0.05) is 5.41 Å². The fourth-order valence-electron chi connectivity index (χ4n) is 20.3. The maximum absolute atomic E-state index is 11.4. The first-order valence-corrected chi connectivity index (χ1v) is 26.5. The van der Waals surface area contributed by atoms with Gasteiger partial charge < -0.3 is 25.5 Å². The summed E-state index contributed by atoms with van der Waals surface area (Å²) < 4.78 is 0. The minimum absolute atomic E-state index is 0.209. The normalized spacial score (nSPS) is 27.5. The first kappa shape index (κ1) is 38.3. The number of fused-ring (bicyclic) bond motifs is 5. The van der Waals surface area contributed by atoms with E-state index in [2.05, 4.69) is 128 Å². The highest BCUT2D eigenvalue weighted by Crippen LogP contribution is 2.93. The molecule has 0 radical (unpaired) electrons. The van der Waals surface area contributed by atoms with Crippen molar-refractivity contribution in [2.75, 3.05) is 0 Å². The number of hydrogen-bond donors (Lipinski definition) is 5. The summed E-state index contributed by atoms with van der Waals surface area (Å²) in [6.45, 7) is 2.61. The average molecular weight is 971 g/mol. The molecule has 76 heavy (non-hydrogen) atoms. The summed E-state index contributed by atoms with van der Waals surface area (Å²) in [6.07, 6.45) is 0. The summed E-state index contributed by atoms with van der Waals surface area (Å²) >= 11 is 0. The SMILES string of the molecule is CC12C3=C4C5=C1[C@@]1(c6ccc(O)cc6)c6c7ccc8c6C2(c2ccc(O)cc2)c2c-8ccc6c2[C@]3(c2ccc(O)cc2)c2c-6ccc3c2[C@]4(c2ccc(O)cc2)c2c-3ccc3c2[C@]5(c2ccc(O)cc2)c2c-3ccc-7c21. The summed E-state index contributed by atoms with van der Waals surface area (Å²) in [6, 6.07) is 65.0. The fourth-order valence-corrected chi connectivity index (χ4v) is 20.3. The second kappa shape index (κ2) is 10.9. The maximum atomic E-state index is 11.4. The van der Waals surface area contributed by atoms with Crippen molar-refractivity contribution in [1.82, 2.24) is 0 Å². The Bertz CT molecular complexity index is 4510. The van der Waals surface area contributed by atoms with Crippen molar-refractivity contribution in [3.63, 3.8) is 0 Å². The lowest BCUT2D eigenvalue weighted by Gasteiger charge is -2.65. The molecule has 0 spiro atoms. The molecule has 0 heterocycles. The highest BCUT2D eigenvalue weighted by molar-refractivity contribution is 6.15. The van der Waals surface area contributed by atoms with Gasteiger partial charge in [0.15, 0.2) is 0 Å². The van der Waals surface area contributed by atoms with Crippen LogP contribution in [0.1, 0.15) is 90.4 Å². The van der Waals surface area contributed by atoms with E-state index < -0.39 is 32.5 Å². The van der Waals surface area contributed by atoms with E-state index in [0.717, 1.165) is 27.8 Å². The van der Waals surface area contributed by atoms with E-state index in [9.17, 15) is 25.5 Å². The molecule has 2 unspecified atom stereocenters. The zero-order valence-electron chi connectivity index (χ0n) is 40.6. The second-order valence-corrected chi connectivity index (χ2v) is 23.7. The summed E-state index contributed by atoms with van der Waals surface area (Å²) in [5.74, 6) is 1.05. The molecule has 0 fully saturated rings. The quantitative estimate of drug-likeness (QED) is 0.118.